The summed E-state index contributed by atoms with van der Waals surface area (Å²) in [7, 11) is -3.55. The first-order valence-corrected chi connectivity index (χ1v) is 10.9. The van der Waals surface area contributed by atoms with Gasteiger partial charge in [0.15, 0.2) is 0 Å². The lowest BCUT2D eigenvalue weighted by Gasteiger charge is -2.18. The highest BCUT2D eigenvalue weighted by atomic mass is 32.2. The van der Waals surface area contributed by atoms with Crippen molar-refractivity contribution in [3.63, 3.8) is 0 Å². The summed E-state index contributed by atoms with van der Waals surface area (Å²) in [6, 6.07) is 10.2. The zero-order valence-corrected chi connectivity index (χ0v) is 17.8. The number of tetrazole rings is 1. The summed E-state index contributed by atoms with van der Waals surface area (Å²) in [5.41, 5.74) is 1.08. The second-order valence-electron chi connectivity index (χ2n) is 6.40. The van der Waals surface area contributed by atoms with E-state index in [1.165, 1.54) is 57.8 Å². The van der Waals surface area contributed by atoms with Gasteiger partial charge in [0.25, 0.3) is 0 Å². The van der Waals surface area contributed by atoms with Crippen molar-refractivity contribution >= 4 is 27.7 Å². The van der Waals surface area contributed by atoms with Crippen molar-refractivity contribution in [1.29, 1.82) is 0 Å². The van der Waals surface area contributed by atoms with Gasteiger partial charge in [0.2, 0.25) is 15.9 Å². The molecule has 31 heavy (non-hydrogen) atoms. The number of benzene rings is 2. The van der Waals surface area contributed by atoms with Gasteiger partial charge in [0.1, 0.15) is 12.1 Å². The van der Waals surface area contributed by atoms with Crippen LogP contribution in [-0.4, -0.2) is 51.9 Å². The Morgan fingerprint density at radius 3 is 2.48 bits per heavy atom. The fourth-order valence-corrected chi connectivity index (χ4v) is 4.30. The molecule has 0 bridgehead atoms. The van der Waals surface area contributed by atoms with Gasteiger partial charge in [0, 0.05) is 19.2 Å². The van der Waals surface area contributed by atoms with Gasteiger partial charge in [-0.15, -0.1) is 5.10 Å². The summed E-state index contributed by atoms with van der Waals surface area (Å²) in [6.45, 7) is 4.31. The molecular weight excluding hydrogens is 423 g/mol. The van der Waals surface area contributed by atoms with E-state index in [-0.39, 0.29) is 10.6 Å². The van der Waals surface area contributed by atoms with Crippen molar-refractivity contribution < 1.29 is 17.6 Å². The molecular formula is C20H21FN6O3S. The summed E-state index contributed by atoms with van der Waals surface area (Å²) in [5.74, 6) is -1.16. The van der Waals surface area contributed by atoms with Crippen LogP contribution in [0.1, 0.15) is 19.4 Å². The van der Waals surface area contributed by atoms with Crippen molar-refractivity contribution in [2.75, 3.05) is 18.4 Å². The molecule has 0 radical (unpaired) electrons. The molecule has 1 heterocycles. The lowest BCUT2D eigenvalue weighted by atomic mass is 10.2. The van der Waals surface area contributed by atoms with Gasteiger partial charge in [-0.3, -0.25) is 4.79 Å². The summed E-state index contributed by atoms with van der Waals surface area (Å²) in [6.07, 6.45) is 4.09. The van der Waals surface area contributed by atoms with E-state index in [4.69, 9.17) is 0 Å². The van der Waals surface area contributed by atoms with Crippen molar-refractivity contribution in [3.8, 4) is 5.69 Å². The molecule has 1 amide bonds. The topological polar surface area (TPSA) is 110 Å². The van der Waals surface area contributed by atoms with Gasteiger partial charge in [0.05, 0.1) is 16.3 Å². The predicted octanol–water partition coefficient (Wildman–Crippen LogP) is 2.48. The minimum atomic E-state index is -3.55. The summed E-state index contributed by atoms with van der Waals surface area (Å²) >= 11 is 0. The third kappa shape index (κ3) is 5.19. The summed E-state index contributed by atoms with van der Waals surface area (Å²) in [4.78, 5) is 12.4. The van der Waals surface area contributed by atoms with Crippen LogP contribution in [0.3, 0.4) is 0 Å². The summed E-state index contributed by atoms with van der Waals surface area (Å²) < 4.78 is 41.8. The highest BCUT2D eigenvalue weighted by molar-refractivity contribution is 7.89. The highest BCUT2D eigenvalue weighted by Crippen LogP contribution is 2.19. The first-order chi connectivity index (χ1) is 14.8. The maximum atomic E-state index is 14.1. The van der Waals surface area contributed by atoms with Crippen LogP contribution in [0.5, 0.6) is 0 Å². The van der Waals surface area contributed by atoms with E-state index in [0.717, 1.165) is 0 Å². The molecule has 0 saturated carbocycles. The van der Waals surface area contributed by atoms with E-state index < -0.39 is 21.7 Å². The van der Waals surface area contributed by atoms with E-state index in [9.17, 15) is 17.6 Å². The number of hydrogen-bond donors (Lipinski definition) is 1. The Kier molecular flexibility index (Phi) is 6.88. The number of carbonyl (C=O) groups excluding carboxylic acids is 1. The number of anilines is 1. The molecule has 0 aliphatic rings. The fourth-order valence-electron chi connectivity index (χ4n) is 2.84. The van der Waals surface area contributed by atoms with Crippen LogP contribution >= 0.6 is 0 Å². The van der Waals surface area contributed by atoms with Crippen LogP contribution in [0.25, 0.3) is 11.8 Å². The van der Waals surface area contributed by atoms with Crippen LogP contribution in [0.2, 0.25) is 0 Å². The average molecular weight is 444 g/mol. The normalized spacial score (nSPS) is 11.9. The van der Waals surface area contributed by atoms with Gasteiger partial charge in [-0.25, -0.2) is 17.5 Å². The zero-order chi connectivity index (χ0) is 22.4. The molecule has 1 aromatic heterocycles. The third-order valence-electron chi connectivity index (χ3n) is 4.47. The Hall–Kier alpha value is -3.44. The predicted molar refractivity (Wildman–Crippen MR) is 113 cm³/mol. The number of carbonyl (C=O) groups is 1. The molecule has 0 aliphatic heterocycles. The smallest absolute Gasteiger partial charge is 0.248 e. The Morgan fingerprint density at radius 1 is 1.16 bits per heavy atom. The summed E-state index contributed by atoms with van der Waals surface area (Å²) in [5, 5.41) is 13.2. The molecule has 0 spiro atoms. The minimum Gasteiger partial charge on any atom is -0.320 e. The van der Waals surface area contributed by atoms with Gasteiger partial charge < -0.3 is 5.32 Å². The van der Waals surface area contributed by atoms with Crippen molar-refractivity contribution in [2.45, 2.75) is 18.7 Å². The molecule has 3 aromatic rings. The van der Waals surface area contributed by atoms with Gasteiger partial charge >= 0.3 is 0 Å². The van der Waals surface area contributed by atoms with Crippen LogP contribution in [0.4, 0.5) is 10.1 Å². The number of halogens is 1. The lowest BCUT2D eigenvalue weighted by molar-refractivity contribution is -0.111. The molecule has 2 aromatic carbocycles. The van der Waals surface area contributed by atoms with E-state index in [1.54, 1.807) is 26.0 Å². The number of amides is 1. The van der Waals surface area contributed by atoms with Gasteiger partial charge in [-0.1, -0.05) is 26.0 Å². The molecule has 1 N–H and O–H groups in total. The van der Waals surface area contributed by atoms with E-state index >= 15 is 0 Å². The highest BCUT2D eigenvalue weighted by Gasteiger charge is 2.20. The van der Waals surface area contributed by atoms with Crippen molar-refractivity contribution in [2.24, 2.45) is 0 Å². The lowest BCUT2D eigenvalue weighted by Crippen LogP contribution is -2.30. The standard InChI is InChI=1S/C20H21FN6O3S/c1-3-26(4-2)31(29,30)17-9-5-15(6-10-17)7-12-20(28)23-19-13-16(8-11-18(19)21)27-14-22-24-25-27/h5-14H,3-4H2,1-2H3,(H,23,28). The Bertz CT molecular complexity index is 1170. The quantitative estimate of drug-likeness (QED) is 0.535. The molecule has 9 nitrogen and oxygen atoms in total. The van der Waals surface area contributed by atoms with Crippen LogP contribution in [0, 0.1) is 5.82 Å². The second kappa shape index (κ2) is 9.58. The number of nitrogens with zero attached hydrogens (tertiary/aromatic N) is 5. The van der Waals surface area contributed by atoms with Gasteiger partial charge in [-0.05, 0) is 52.4 Å². The number of aromatic nitrogens is 4. The number of hydrogen-bond acceptors (Lipinski definition) is 6. The molecule has 162 valence electrons. The third-order valence-corrected chi connectivity index (χ3v) is 6.54. The number of nitrogens with one attached hydrogen (secondary N) is 1. The Morgan fingerprint density at radius 2 is 1.87 bits per heavy atom. The van der Waals surface area contributed by atoms with Crippen LogP contribution < -0.4 is 5.32 Å². The molecule has 0 saturated heterocycles. The fraction of sp³-hybridized carbons (Fsp3) is 0.200. The van der Waals surface area contributed by atoms with Crippen LogP contribution in [0.15, 0.2) is 59.8 Å². The monoisotopic (exact) mass is 444 g/mol. The average Bonchev–Trinajstić information content (AvgIpc) is 3.30. The van der Waals surface area contributed by atoms with Crippen molar-refractivity contribution in [3.05, 3.63) is 66.2 Å². The molecule has 0 aliphatic carbocycles. The second-order valence-corrected chi connectivity index (χ2v) is 8.34. The Labute approximate surface area is 179 Å². The van der Waals surface area contributed by atoms with E-state index in [0.29, 0.717) is 24.3 Å². The van der Waals surface area contributed by atoms with Gasteiger partial charge in [-0.2, -0.15) is 4.31 Å². The maximum absolute atomic E-state index is 14.1. The first kappa shape index (κ1) is 22.2. The van der Waals surface area contributed by atoms with E-state index in [2.05, 4.69) is 20.8 Å². The maximum Gasteiger partial charge on any atom is 0.248 e. The molecule has 0 fully saturated rings. The number of rotatable bonds is 8. The Balaban J connectivity index is 1.70. The first-order valence-electron chi connectivity index (χ1n) is 9.47. The molecule has 3 rings (SSSR count). The molecule has 11 heteroatoms. The van der Waals surface area contributed by atoms with Crippen molar-refractivity contribution in [1.82, 2.24) is 24.5 Å². The van der Waals surface area contributed by atoms with Crippen LogP contribution in [-0.2, 0) is 14.8 Å². The largest absolute Gasteiger partial charge is 0.320 e. The minimum absolute atomic E-state index is 0.0247. The van der Waals surface area contributed by atoms with E-state index in [1.807, 2.05) is 0 Å². The molecule has 0 unspecified atom stereocenters. The zero-order valence-electron chi connectivity index (χ0n) is 16.9. The SMILES string of the molecule is CCN(CC)S(=O)(=O)c1ccc(C=CC(=O)Nc2cc(-n3cnnn3)ccc2F)cc1. The molecule has 0 atom stereocenters. The number of sulfonamides is 1.